The third kappa shape index (κ3) is 8.29. The summed E-state index contributed by atoms with van der Waals surface area (Å²) < 4.78 is 18.5. The number of imidazole rings is 1. The van der Waals surface area contributed by atoms with Crippen LogP contribution < -0.4 is 9.47 Å². The minimum atomic E-state index is -0.793. The maximum atomic E-state index is 12.2. The Balaban J connectivity index is 1.38. The number of likely N-dealkylation sites (tertiary alicyclic amines) is 1. The van der Waals surface area contributed by atoms with Crippen molar-refractivity contribution in [2.75, 3.05) is 19.7 Å². The summed E-state index contributed by atoms with van der Waals surface area (Å²) in [4.78, 5) is 27.6. The molecule has 1 atom stereocenters. The van der Waals surface area contributed by atoms with Crippen molar-refractivity contribution in [3.05, 3.63) is 45.9 Å². The van der Waals surface area contributed by atoms with Gasteiger partial charge in [0.2, 0.25) is 0 Å². The summed E-state index contributed by atoms with van der Waals surface area (Å²) in [5, 5.41) is 20.9. The molecule has 1 saturated heterocycles. The average molecular weight is 511 g/mol. The van der Waals surface area contributed by atoms with E-state index in [1.54, 1.807) is 29.2 Å². The third-order valence-corrected chi connectivity index (χ3v) is 5.57. The maximum absolute atomic E-state index is 12.2. The van der Waals surface area contributed by atoms with Crippen LogP contribution in [0.3, 0.4) is 0 Å². The molecule has 0 radical (unpaired) electrons. The van der Waals surface area contributed by atoms with Crippen molar-refractivity contribution >= 4 is 23.5 Å². The number of amides is 1. The lowest BCUT2D eigenvalue weighted by Gasteiger charge is -2.33. The number of aliphatic hydroxyl groups excluding tert-OH is 1. The van der Waals surface area contributed by atoms with E-state index >= 15 is 0 Å². The Morgan fingerprint density at radius 1 is 1.26 bits per heavy atom. The molecule has 1 aromatic heterocycles. The highest BCUT2D eigenvalue weighted by Gasteiger charge is 2.27. The lowest BCUT2D eigenvalue weighted by molar-refractivity contribution is -0.389. The summed E-state index contributed by atoms with van der Waals surface area (Å²) in [5.74, 6) is 0.939. The third-order valence-electron chi connectivity index (χ3n) is 5.27. The van der Waals surface area contributed by atoms with E-state index in [2.05, 4.69) is 4.98 Å². The van der Waals surface area contributed by atoms with Crippen LogP contribution >= 0.6 is 11.6 Å². The second-order valence-electron chi connectivity index (χ2n) is 9.33. The van der Waals surface area contributed by atoms with Crippen LogP contribution in [0, 0.1) is 10.1 Å². The molecule has 1 fully saturated rings. The van der Waals surface area contributed by atoms with Crippen molar-refractivity contribution in [2.45, 2.75) is 64.4 Å². The number of aliphatic hydroxyl groups is 1. The molecule has 11 nitrogen and oxygen atoms in total. The van der Waals surface area contributed by atoms with Crippen molar-refractivity contribution in [3.8, 4) is 11.5 Å². The quantitative estimate of drug-likeness (QED) is 0.395. The lowest BCUT2D eigenvalue weighted by Crippen LogP contribution is -2.44. The molecular weight excluding hydrogens is 480 g/mol. The molecular formula is C23H31ClN4O7. The largest absolute Gasteiger partial charge is 0.491 e. The fourth-order valence-corrected chi connectivity index (χ4v) is 3.70. The van der Waals surface area contributed by atoms with Gasteiger partial charge in [-0.15, -0.1) is 0 Å². The minimum absolute atomic E-state index is 0.00378. The van der Waals surface area contributed by atoms with Gasteiger partial charge in [-0.1, -0.05) is 0 Å². The first-order valence-corrected chi connectivity index (χ1v) is 11.8. The second kappa shape index (κ2) is 11.6. The lowest BCUT2D eigenvalue weighted by atomic mass is 10.1. The zero-order valence-electron chi connectivity index (χ0n) is 20.1. The molecule has 35 heavy (non-hydrogen) atoms. The van der Waals surface area contributed by atoms with Crippen LogP contribution in [0.2, 0.25) is 5.28 Å². The van der Waals surface area contributed by atoms with Gasteiger partial charge < -0.3 is 34.3 Å². The highest BCUT2D eigenvalue weighted by molar-refractivity contribution is 6.28. The Labute approximate surface area is 208 Å². The van der Waals surface area contributed by atoms with Crippen molar-refractivity contribution in [1.29, 1.82) is 0 Å². The molecule has 2 aromatic rings. The van der Waals surface area contributed by atoms with Gasteiger partial charge in [-0.3, -0.25) is 4.57 Å². The average Bonchev–Trinajstić information content (AvgIpc) is 3.17. The molecule has 12 heteroatoms. The van der Waals surface area contributed by atoms with Crippen LogP contribution in [0.5, 0.6) is 11.5 Å². The fraction of sp³-hybridized carbons (Fsp3) is 0.565. The molecule has 0 unspecified atom stereocenters. The zero-order valence-corrected chi connectivity index (χ0v) is 20.8. The number of carbonyl (C=O) groups is 1. The summed E-state index contributed by atoms with van der Waals surface area (Å²) in [6.07, 6.45) is 1.87. The Bertz CT molecular complexity index is 998. The van der Waals surface area contributed by atoms with Crippen LogP contribution in [0.25, 0.3) is 0 Å². The van der Waals surface area contributed by atoms with Crippen molar-refractivity contribution < 1.29 is 29.0 Å². The normalized spacial score (nSPS) is 15.5. The van der Waals surface area contributed by atoms with Crippen molar-refractivity contribution in [3.63, 3.8) is 0 Å². The molecule has 3 rings (SSSR count). The van der Waals surface area contributed by atoms with Crippen LogP contribution in [-0.2, 0) is 11.3 Å². The van der Waals surface area contributed by atoms with Gasteiger partial charge in [0.05, 0.1) is 6.10 Å². The molecule has 2 heterocycles. The summed E-state index contributed by atoms with van der Waals surface area (Å²) in [6, 6.07) is 7.11. The molecule has 1 aromatic carbocycles. The first-order chi connectivity index (χ1) is 16.5. The number of hydrogen-bond acceptors (Lipinski definition) is 8. The van der Waals surface area contributed by atoms with Gasteiger partial charge in [-0.05, 0) is 73.0 Å². The predicted octanol–water partition coefficient (Wildman–Crippen LogP) is 4.05. The van der Waals surface area contributed by atoms with Crippen LogP contribution in [0.15, 0.2) is 30.5 Å². The smallest absolute Gasteiger partial charge is 0.410 e. The summed E-state index contributed by atoms with van der Waals surface area (Å²) in [7, 11) is 0. The maximum Gasteiger partial charge on any atom is 0.410 e. The van der Waals surface area contributed by atoms with E-state index in [0.29, 0.717) is 37.4 Å². The minimum Gasteiger partial charge on any atom is -0.491 e. The van der Waals surface area contributed by atoms with Crippen molar-refractivity contribution in [1.82, 2.24) is 14.5 Å². The Kier molecular flexibility index (Phi) is 8.79. The Morgan fingerprint density at radius 2 is 1.89 bits per heavy atom. The van der Waals surface area contributed by atoms with Crippen molar-refractivity contribution in [2.24, 2.45) is 0 Å². The number of rotatable bonds is 9. The summed E-state index contributed by atoms with van der Waals surface area (Å²) in [5.41, 5.74) is -0.513. The van der Waals surface area contributed by atoms with Crippen LogP contribution in [0.4, 0.5) is 10.6 Å². The molecule has 1 aliphatic rings. The zero-order chi connectivity index (χ0) is 25.6. The topological polar surface area (TPSA) is 129 Å². The van der Waals surface area contributed by atoms with Gasteiger partial charge in [0, 0.05) is 32.5 Å². The van der Waals surface area contributed by atoms with Crippen LogP contribution in [-0.4, -0.2) is 68.1 Å². The van der Waals surface area contributed by atoms with Gasteiger partial charge in [0.15, 0.2) is 0 Å². The molecule has 0 aliphatic carbocycles. The molecule has 0 spiro atoms. The van der Waals surface area contributed by atoms with E-state index in [9.17, 15) is 20.0 Å². The highest BCUT2D eigenvalue weighted by Crippen LogP contribution is 2.23. The van der Waals surface area contributed by atoms with Gasteiger partial charge in [-0.25, -0.2) is 4.79 Å². The Morgan fingerprint density at radius 3 is 2.46 bits per heavy atom. The second-order valence-corrected chi connectivity index (χ2v) is 9.67. The molecule has 0 bridgehead atoms. The number of nitrogens with zero attached hydrogens (tertiary/aromatic N) is 4. The first-order valence-electron chi connectivity index (χ1n) is 11.4. The standard InChI is InChI=1S/C23H31ClN4O7/c1-23(2,3)35-22(30)26-12-9-19(10-13-26)34-18-6-4-17(5-7-18)33-15-16(29)8-11-27-14-20(28(31)32)25-21(27)24/h4-7,14,16,19,29H,8-13,15H2,1-3H3/t16-/m0/s1. The SMILES string of the molecule is CC(C)(C)OC(=O)N1CCC(Oc2ccc(OC[C@@H](O)CCn3cc([N+](=O)[O-])nc3Cl)cc2)CC1. The van der Waals surface area contributed by atoms with E-state index in [-0.39, 0.29) is 42.9 Å². The van der Waals surface area contributed by atoms with Gasteiger partial charge in [0.1, 0.15) is 36.0 Å². The molecule has 1 amide bonds. The van der Waals surface area contributed by atoms with E-state index < -0.39 is 16.6 Å². The van der Waals surface area contributed by atoms with Gasteiger partial charge in [-0.2, -0.15) is 0 Å². The number of carbonyl (C=O) groups excluding carboxylic acids is 1. The fourth-order valence-electron chi connectivity index (χ4n) is 3.48. The number of ether oxygens (including phenoxy) is 3. The summed E-state index contributed by atoms with van der Waals surface area (Å²) in [6.45, 7) is 7.03. The van der Waals surface area contributed by atoms with E-state index in [1.165, 1.54) is 10.8 Å². The highest BCUT2D eigenvalue weighted by atomic mass is 35.5. The van der Waals surface area contributed by atoms with Gasteiger partial charge >= 0.3 is 17.2 Å². The molecule has 1 aliphatic heterocycles. The number of halogens is 1. The first kappa shape index (κ1) is 26.6. The number of benzene rings is 1. The van der Waals surface area contributed by atoms with Crippen LogP contribution in [0.1, 0.15) is 40.0 Å². The monoisotopic (exact) mass is 510 g/mol. The number of hydrogen-bond donors (Lipinski definition) is 1. The number of piperidine rings is 1. The molecule has 192 valence electrons. The number of nitro groups is 1. The summed E-state index contributed by atoms with van der Waals surface area (Å²) >= 11 is 5.87. The number of aryl methyl sites for hydroxylation is 1. The van der Waals surface area contributed by atoms with Gasteiger partial charge in [0.25, 0.3) is 0 Å². The van der Waals surface area contributed by atoms with E-state index in [0.717, 1.165) is 0 Å². The number of aromatic nitrogens is 2. The van der Waals surface area contributed by atoms with E-state index in [4.69, 9.17) is 25.8 Å². The van der Waals surface area contributed by atoms with E-state index in [1.807, 2.05) is 20.8 Å². The molecule has 0 saturated carbocycles. The predicted molar refractivity (Wildman–Crippen MR) is 128 cm³/mol. The Hall–Kier alpha value is -3.05. The molecule has 1 N–H and O–H groups in total.